The van der Waals surface area contributed by atoms with E-state index in [1.807, 2.05) is 0 Å². The van der Waals surface area contributed by atoms with E-state index in [4.69, 9.17) is 9.84 Å². The highest BCUT2D eigenvalue weighted by molar-refractivity contribution is 5.88. The maximum atomic E-state index is 11.0. The van der Waals surface area contributed by atoms with Crippen molar-refractivity contribution < 1.29 is 14.6 Å². The number of nitrogens with zero attached hydrogens (tertiary/aromatic N) is 2. The largest absolute Gasteiger partial charge is 0.478 e. The highest BCUT2D eigenvalue weighted by atomic mass is 16.5. The van der Waals surface area contributed by atoms with Gasteiger partial charge in [0.05, 0.1) is 24.3 Å². The molecule has 0 spiro atoms. The summed E-state index contributed by atoms with van der Waals surface area (Å²) in [6.07, 6.45) is 5.22. The molecule has 1 N–H and O–H groups in total. The number of carboxylic acid groups (broad SMARTS) is 1. The van der Waals surface area contributed by atoms with Crippen molar-refractivity contribution in [2.24, 2.45) is 0 Å². The Bertz CT molecular complexity index is 463. The lowest BCUT2D eigenvalue weighted by Crippen LogP contribution is -2.49. The van der Waals surface area contributed by atoms with Crippen LogP contribution in [0, 0.1) is 0 Å². The topological polar surface area (TPSA) is 62.7 Å². The fourth-order valence-electron chi connectivity index (χ4n) is 2.92. The van der Waals surface area contributed by atoms with Crippen LogP contribution in [-0.2, 0) is 4.74 Å². The van der Waals surface area contributed by atoms with Crippen molar-refractivity contribution in [3.63, 3.8) is 0 Å². The van der Waals surface area contributed by atoms with Crippen molar-refractivity contribution in [1.82, 2.24) is 4.98 Å². The minimum absolute atomic E-state index is 0.286. The van der Waals surface area contributed by atoms with Gasteiger partial charge >= 0.3 is 5.97 Å². The van der Waals surface area contributed by atoms with E-state index in [0.717, 1.165) is 25.2 Å². The summed E-state index contributed by atoms with van der Waals surface area (Å²) >= 11 is 0. The Balaban J connectivity index is 1.89. The zero-order valence-corrected chi connectivity index (χ0v) is 10.1. The molecule has 2 fully saturated rings. The molecule has 2 heterocycles. The average Bonchev–Trinajstić information content (AvgIpc) is 2.87. The third-order valence-corrected chi connectivity index (χ3v) is 3.77. The number of carbonyl (C=O) groups is 1. The smallest absolute Gasteiger partial charge is 0.335 e. The Hall–Kier alpha value is -1.62. The molecular formula is C13H16N2O3. The summed E-state index contributed by atoms with van der Waals surface area (Å²) in [7, 11) is 0. The molecule has 3 rings (SSSR count). The van der Waals surface area contributed by atoms with Gasteiger partial charge in [-0.05, 0) is 31.4 Å². The summed E-state index contributed by atoms with van der Waals surface area (Å²) in [4.78, 5) is 17.5. The molecule has 5 nitrogen and oxygen atoms in total. The van der Waals surface area contributed by atoms with Crippen molar-refractivity contribution >= 4 is 11.8 Å². The van der Waals surface area contributed by atoms with E-state index in [9.17, 15) is 4.79 Å². The Morgan fingerprint density at radius 3 is 3.22 bits per heavy atom. The minimum atomic E-state index is -0.908. The second-order valence-electron chi connectivity index (χ2n) is 4.81. The molecule has 2 aliphatic rings. The van der Waals surface area contributed by atoms with Gasteiger partial charge in [0.1, 0.15) is 5.82 Å². The van der Waals surface area contributed by atoms with Gasteiger partial charge < -0.3 is 14.7 Å². The van der Waals surface area contributed by atoms with E-state index >= 15 is 0 Å². The molecule has 18 heavy (non-hydrogen) atoms. The molecule has 0 bridgehead atoms. The van der Waals surface area contributed by atoms with Crippen molar-refractivity contribution in [2.75, 3.05) is 18.1 Å². The van der Waals surface area contributed by atoms with E-state index in [1.165, 1.54) is 12.5 Å². The molecule has 1 saturated heterocycles. The first-order valence-electron chi connectivity index (χ1n) is 6.33. The number of fused-ring (bicyclic) bond motifs is 1. The predicted octanol–water partition coefficient (Wildman–Crippen LogP) is 1.54. The van der Waals surface area contributed by atoms with E-state index < -0.39 is 5.97 Å². The Morgan fingerprint density at radius 2 is 2.39 bits per heavy atom. The second-order valence-corrected chi connectivity index (χ2v) is 4.81. The van der Waals surface area contributed by atoms with Crippen molar-refractivity contribution in [3.8, 4) is 0 Å². The molecule has 1 aromatic heterocycles. The minimum Gasteiger partial charge on any atom is -0.478 e. The monoisotopic (exact) mass is 248 g/mol. The molecular weight excluding hydrogens is 232 g/mol. The number of hydrogen-bond acceptors (Lipinski definition) is 4. The van der Waals surface area contributed by atoms with Crippen LogP contribution in [-0.4, -0.2) is 41.4 Å². The van der Waals surface area contributed by atoms with Crippen LogP contribution < -0.4 is 4.90 Å². The van der Waals surface area contributed by atoms with Crippen LogP contribution in [0.4, 0.5) is 5.82 Å². The van der Waals surface area contributed by atoms with Crippen molar-refractivity contribution in [2.45, 2.75) is 31.4 Å². The third-order valence-electron chi connectivity index (χ3n) is 3.77. The number of pyridine rings is 1. The molecule has 5 heteroatoms. The van der Waals surface area contributed by atoms with Crippen molar-refractivity contribution in [1.29, 1.82) is 0 Å². The molecule has 0 radical (unpaired) electrons. The van der Waals surface area contributed by atoms with Gasteiger partial charge in [-0.1, -0.05) is 0 Å². The lowest BCUT2D eigenvalue weighted by Gasteiger charge is -2.38. The van der Waals surface area contributed by atoms with E-state index in [0.29, 0.717) is 18.2 Å². The number of ether oxygens (including phenoxy) is 1. The van der Waals surface area contributed by atoms with Gasteiger partial charge in [-0.25, -0.2) is 9.78 Å². The van der Waals surface area contributed by atoms with Crippen LogP contribution in [0.1, 0.15) is 29.6 Å². The van der Waals surface area contributed by atoms with Gasteiger partial charge in [0, 0.05) is 12.7 Å². The first-order chi connectivity index (χ1) is 8.75. The number of aromatic carboxylic acids is 1. The Kier molecular flexibility index (Phi) is 2.91. The molecule has 2 atom stereocenters. The van der Waals surface area contributed by atoms with Crippen LogP contribution in [0.3, 0.4) is 0 Å². The molecule has 1 aliphatic carbocycles. The maximum absolute atomic E-state index is 11.0. The average molecular weight is 248 g/mol. The molecule has 1 aliphatic heterocycles. The van der Waals surface area contributed by atoms with Crippen LogP contribution in [0.5, 0.6) is 0 Å². The standard InChI is InChI=1S/C13H16N2O3/c16-13(17)9-4-5-14-12(8-9)15-6-7-18-11-3-1-2-10(11)15/h4-5,8,10-11H,1-3,6-7H2,(H,16,17). The van der Waals surface area contributed by atoms with E-state index in [2.05, 4.69) is 9.88 Å². The fraction of sp³-hybridized carbons (Fsp3) is 0.538. The predicted molar refractivity (Wildman–Crippen MR) is 65.9 cm³/mol. The number of carboxylic acids is 1. The number of aromatic nitrogens is 1. The highest BCUT2D eigenvalue weighted by Crippen LogP contribution is 2.32. The van der Waals surface area contributed by atoms with Gasteiger partial charge in [0.25, 0.3) is 0 Å². The summed E-state index contributed by atoms with van der Waals surface area (Å²) in [5.74, 6) is -0.148. The summed E-state index contributed by atoms with van der Waals surface area (Å²) < 4.78 is 5.75. The maximum Gasteiger partial charge on any atom is 0.335 e. The second kappa shape index (κ2) is 4.57. The van der Waals surface area contributed by atoms with Crippen LogP contribution in [0.25, 0.3) is 0 Å². The lowest BCUT2D eigenvalue weighted by molar-refractivity contribution is 0.0253. The van der Waals surface area contributed by atoms with Gasteiger partial charge in [0.15, 0.2) is 0 Å². The van der Waals surface area contributed by atoms with Crippen LogP contribution in [0.15, 0.2) is 18.3 Å². The van der Waals surface area contributed by atoms with Gasteiger partial charge in [-0.3, -0.25) is 0 Å². The Labute approximate surface area is 105 Å². The van der Waals surface area contributed by atoms with Gasteiger partial charge in [-0.2, -0.15) is 0 Å². The summed E-state index contributed by atoms with van der Waals surface area (Å²) in [6.45, 7) is 1.48. The first-order valence-corrected chi connectivity index (χ1v) is 6.33. The van der Waals surface area contributed by atoms with Crippen LogP contribution >= 0.6 is 0 Å². The lowest BCUT2D eigenvalue weighted by atomic mass is 10.1. The fourth-order valence-corrected chi connectivity index (χ4v) is 2.92. The number of hydrogen-bond donors (Lipinski definition) is 1. The third kappa shape index (κ3) is 1.95. The van der Waals surface area contributed by atoms with Gasteiger partial charge in [-0.15, -0.1) is 0 Å². The quantitative estimate of drug-likeness (QED) is 0.860. The van der Waals surface area contributed by atoms with E-state index in [-0.39, 0.29) is 6.10 Å². The summed E-state index contributed by atoms with van der Waals surface area (Å²) in [5, 5.41) is 9.02. The summed E-state index contributed by atoms with van der Waals surface area (Å²) in [5.41, 5.74) is 0.293. The zero-order chi connectivity index (χ0) is 12.5. The molecule has 96 valence electrons. The number of morpholine rings is 1. The zero-order valence-electron chi connectivity index (χ0n) is 10.1. The Morgan fingerprint density at radius 1 is 1.50 bits per heavy atom. The number of rotatable bonds is 2. The SMILES string of the molecule is O=C(O)c1ccnc(N2CCOC3CCCC32)c1. The van der Waals surface area contributed by atoms with E-state index in [1.54, 1.807) is 12.3 Å². The number of anilines is 1. The molecule has 0 amide bonds. The molecule has 1 saturated carbocycles. The highest BCUT2D eigenvalue weighted by Gasteiger charge is 2.36. The van der Waals surface area contributed by atoms with Crippen LogP contribution in [0.2, 0.25) is 0 Å². The first kappa shape index (κ1) is 11.5. The summed E-state index contributed by atoms with van der Waals surface area (Å²) in [6, 6.07) is 3.54. The normalized spacial score (nSPS) is 27.0. The molecule has 0 aromatic carbocycles. The molecule has 2 unspecified atom stereocenters. The van der Waals surface area contributed by atoms with Gasteiger partial charge in [0.2, 0.25) is 0 Å². The van der Waals surface area contributed by atoms with Crippen molar-refractivity contribution in [3.05, 3.63) is 23.9 Å². The molecule has 1 aromatic rings.